The number of ether oxygens (including phenoxy) is 1. The average Bonchev–Trinajstić information content (AvgIpc) is 3.30. The molecule has 1 saturated carbocycles. The fourth-order valence-corrected chi connectivity index (χ4v) is 3.04. The van der Waals surface area contributed by atoms with Crippen LogP contribution in [0.25, 0.3) is 0 Å². The summed E-state index contributed by atoms with van der Waals surface area (Å²) < 4.78 is 20.0. The van der Waals surface area contributed by atoms with Crippen molar-refractivity contribution in [3.05, 3.63) is 35.1 Å². The lowest BCUT2D eigenvalue weighted by molar-refractivity contribution is -0.0332. The molecule has 23 heavy (non-hydrogen) atoms. The smallest absolute Gasteiger partial charge is 0.256 e. The van der Waals surface area contributed by atoms with Gasteiger partial charge in [-0.2, -0.15) is 0 Å². The lowest BCUT2D eigenvalue weighted by Gasteiger charge is -2.34. The second kappa shape index (κ2) is 6.97. The van der Waals surface area contributed by atoms with Crippen LogP contribution in [0, 0.1) is 18.7 Å². The highest BCUT2D eigenvalue weighted by molar-refractivity contribution is 5.94. The normalized spacial score (nSPS) is 22.1. The maximum atomic E-state index is 14.2. The lowest BCUT2D eigenvalue weighted by atomic mass is 10.1. The van der Waals surface area contributed by atoms with Crippen LogP contribution in [-0.2, 0) is 4.74 Å². The highest BCUT2D eigenvalue weighted by Gasteiger charge is 2.31. The lowest BCUT2D eigenvalue weighted by Crippen LogP contribution is -2.48. The fraction of sp³-hybridized carbons (Fsp3) is 0.611. The molecular formula is C18H25FN2O2. The van der Waals surface area contributed by atoms with Gasteiger partial charge in [0.25, 0.3) is 5.91 Å². The first-order valence-corrected chi connectivity index (χ1v) is 8.38. The molecule has 1 amide bonds. The summed E-state index contributed by atoms with van der Waals surface area (Å²) >= 11 is 0. The van der Waals surface area contributed by atoms with Gasteiger partial charge in [-0.15, -0.1) is 0 Å². The number of nitrogens with zero attached hydrogens (tertiary/aromatic N) is 2. The van der Waals surface area contributed by atoms with E-state index in [0.29, 0.717) is 25.6 Å². The molecule has 126 valence electrons. The van der Waals surface area contributed by atoms with Gasteiger partial charge in [0.05, 0.1) is 18.3 Å². The summed E-state index contributed by atoms with van der Waals surface area (Å²) in [6, 6.07) is 4.81. The van der Waals surface area contributed by atoms with Crippen molar-refractivity contribution in [3.63, 3.8) is 0 Å². The van der Waals surface area contributed by atoms with E-state index in [2.05, 4.69) is 11.9 Å². The Morgan fingerprint density at radius 3 is 2.83 bits per heavy atom. The molecule has 0 radical (unpaired) electrons. The maximum Gasteiger partial charge on any atom is 0.256 e. The van der Waals surface area contributed by atoms with Crippen molar-refractivity contribution >= 4 is 5.91 Å². The average molecular weight is 320 g/mol. The summed E-state index contributed by atoms with van der Waals surface area (Å²) in [5, 5.41) is 0. The van der Waals surface area contributed by atoms with E-state index < -0.39 is 5.82 Å². The van der Waals surface area contributed by atoms with E-state index in [1.165, 1.54) is 6.07 Å². The van der Waals surface area contributed by atoms with E-state index in [4.69, 9.17) is 4.74 Å². The topological polar surface area (TPSA) is 32.8 Å². The van der Waals surface area contributed by atoms with Gasteiger partial charge in [-0.05, 0) is 50.4 Å². The number of hydrogen-bond acceptors (Lipinski definition) is 3. The molecule has 1 aliphatic carbocycles. The number of carbonyl (C=O) groups excluding carboxylic acids is 1. The largest absolute Gasteiger partial charge is 0.374 e. The van der Waals surface area contributed by atoms with E-state index in [0.717, 1.165) is 31.5 Å². The third kappa shape index (κ3) is 4.30. The molecule has 1 saturated heterocycles. The van der Waals surface area contributed by atoms with E-state index >= 15 is 0 Å². The summed E-state index contributed by atoms with van der Waals surface area (Å²) in [7, 11) is 2.06. The highest BCUT2D eigenvalue weighted by Crippen LogP contribution is 2.30. The van der Waals surface area contributed by atoms with Crippen LogP contribution in [-0.4, -0.2) is 61.6 Å². The van der Waals surface area contributed by atoms with Crippen LogP contribution in [0.2, 0.25) is 0 Å². The Hall–Kier alpha value is -1.46. The van der Waals surface area contributed by atoms with Gasteiger partial charge in [-0.25, -0.2) is 4.39 Å². The van der Waals surface area contributed by atoms with Crippen LogP contribution < -0.4 is 0 Å². The van der Waals surface area contributed by atoms with Crippen molar-refractivity contribution in [3.8, 4) is 0 Å². The number of aryl methyl sites for hydroxylation is 1. The summed E-state index contributed by atoms with van der Waals surface area (Å²) in [6.07, 6.45) is 2.32. The number of carbonyl (C=O) groups is 1. The predicted molar refractivity (Wildman–Crippen MR) is 87.0 cm³/mol. The van der Waals surface area contributed by atoms with Crippen molar-refractivity contribution in [1.29, 1.82) is 0 Å². The Labute approximate surface area is 137 Å². The second-order valence-corrected chi connectivity index (χ2v) is 6.89. The quantitative estimate of drug-likeness (QED) is 0.835. The Balaban J connectivity index is 1.73. The SMILES string of the molecule is Cc1ccc(C(=O)N(CC2CC2)C[C@@H]2CN(C)CCO2)c(F)c1. The summed E-state index contributed by atoms with van der Waals surface area (Å²) in [4.78, 5) is 16.8. The molecule has 1 atom stereocenters. The molecule has 4 nitrogen and oxygen atoms in total. The van der Waals surface area contributed by atoms with E-state index in [1.807, 2.05) is 6.92 Å². The van der Waals surface area contributed by atoms with Gasteiger partial charge in [0.2, 0.25) is 0 Å². The van der Waals surface area contributed by atoms with Crippen LogP contribution in [0.15, 0.2) is 18.2 Å². The molecule has 0 unspecified atom stereocenters. The molecule has 0 bridgehead atoms. The number of halogens is 1. The molecule has 3 rings (SSSR count). The summed E-state index contributed by atoms with van der Waals surface area (Å²) in [5.41, 5.74) is 0.991. The van der Waals surface area contributed by atoms with Crippen LogP contribution >= 0.6 is 0 Å². The second-order valence-electron chi connectivity index (χ2n) is 6.89. The Morgan fingerprint density at radius 1 is 1.39 bits per heavy atom. The molecule has 1 aromatic carbocycles. The van der Waals surface area contributed by atoms with E-state index in [9.17, 15) is 9.18 Å². The van der Waals surface area contributed by atoms with Gasteiger partial charge < -0.3 is 14.5 Å². The van der Waals surface area contributed by atoms with Crippen LogP contribution in [0.5, 0.6) is 0 Å². The molecule has 1 heterocycles. The fourth-order valence-electron chi connectivity index (χ4n) is 3.04. The van der Waals surface area contributed by atoms with E-state index in [-0.39, 0.29) is 17.6 Å². The van der Waals surface area contributed by atoms with Gasteiger partial charge in [-0.1, -0.05) is 6.07 Å². The molecule has 1 aliphatic heterocycles. The van der Waals surface area contributed by atoms with Gasteiger partial charge >= 0.3 is 0 Å². The summed E-state index contributed by atoms with van der Waals surface area (Å²) in [6.45, 7) is 5.48. The minimum absolute atomic E-state index is 0.00459. The van der Waals surface area contributed by atoms with Gasteiger partial charge in [0.15, 0.2) is 0 Å². The van der Waals surface area contributed by atoms with Gasteiger partial charge in [0, 0.05) is 26.2 Å². The zero-order chi connectivity index (χ0) is 16.4. The van der Waals surface area contributed by atoms with Crippen LogP contribution in [0.1, 0.15) is 28.8 Å². The molecule has 2 aliphatic rings. The van der Waals surface area contributed by atoms with Crippen molar-refractivity contribution in [2.75, 3.05) is 39.8 Å². The first-order chi connectivity index (χ1) is 11.0. The Kier molecular flexibility index (Phi) is 4.97. The molecule has 0 aromatic heterocycles. The Morgan fingerprint density at radius 2 is 2.17 bits per heavy atom. The van der Waals surface area contributed by atoms with Crippen molar-refractivity contribution in [2.24, 2.45) is 5.92 Å². The minimum Gasteiger partial charge on any atom is -0.374 e. The monoisotopic (exact) mass is 320 g/mol. The molecule has 2 fully saturated rings. The van der Waals surface area contributed by atoms with Gasteiger partial charge in [0.1, 0.15) is 5.82 Å². The van der Waals surface area contributed by atoms with Crippen LogP contribution in [0.4, 0.5) is 4.39 Å². The zero-order valence-electron chi connectivity index (χ0n) is 13.9. The van der Waals surface area contributed by atoms with Crippen molar-refractivity contribution < 1.29 is 13.9 Å². The molecular weight excluding hydrogens is 295 g/mol. The van der Waals surface area contributed by atoms with Crippen LogP contribution in [0.3, 0.4) is 0 Å². The maximum absolute atomic E-state index is 14.2. The molecule has 1 aromatic rings. The first-order valence-electron chi connectivity index (χ1n) is 8.38. The number of likely N-dealkylation sites (N-methyl/N-ethyl adjacent to an activating group) is 1. The number of amides is 1. The minimum atomic E-state index is -0.433. The molecule has 5 heteroatoms. The third-order valence-corrected chi connectivity index (χ3v) is 4.58. The Bertz CT molecular complexity index is 574. The molecule has 0 spiro atoms. The van der Waals surface area contributed by atoms with Crippen molar-refractivity contribution in [1.82, 2.24) is 9.80 Å². The first kappa shape index (κ1) is 16.4. The third-order valence-electron chi connectivity index (χ3n) is 4.58. The summed E-state index contributed by atoms with van der Waals surface area (Å²) in [5.74, 6) is -0.0857. The number of hydrogen-bond donors (Lipinski definition) is 0. The standard InChI is InChI=1S/C18H25FN2O2/c1-13-3-6-16(17(19)9-13)18(22)21(10-14-4-5-14)12-15-11-20(2)7-8-23-15/h3,6,9,14-15H,4-5,7-8,10-12H2,1-2H3/t15-/m0/s1. The highest BCUT2D eigenvalue weighted by atomic mass is 19.1. The zero-order valence-corrected chi connectivity index (χ0v) is 13.9. The number of benzene rings is 1. The predicted octanol–water partition coefficient (Wildman–Crippen LogP) is 2.32. The number of rotatable bonds is 5. The number of morpholine rings is 1. The molecule has 0 N–H and O–H groups in total. The van der Waals surface area contributed by atoms with E-state index in [1.54, 1.807) is 17.0 Å². The van der Waals surface area contributed by atoms with Crippen molar-refractivity contribution in [2.45, 2.75) is 25.9 Å². The van der Waals surface area contributed by atoms with Gasteiger partial charge in [-0.3, -0.25) is 4.79 Å².